The van der Waals surface area contributed by atoms with Crippen LogP contribution in [0.25, 0.3) is 0 Å². The molecule has 0 bridgehead atoms. The van der Waals surface area contributed by atoms with Crippen molar-refractivity contribution in [1.82, 2.24) is 0 Å². The zero-order valence-corrected chi connectivity index (χ0v) is 8.78. The Morgan fingerprint density at radius 3 is 2.20 bits per heavy atom. The molecule has 4 nitrogen and oxygen atoms in total. The van der Waals surface area contributed by atoms with Crippen LogP contribution in [0.4, 0.5) is 5.69 Å². The average molecular weight is 206 g/mol. The van der Waals surface area contributed by atoms with Crippen LogP contribution in [0.15, 0.2) is 24.3 Å². The van der Waals surface area contributed by atoms with Gasteiger partial charge in [0.1, 0.15) is 0 Å². The number of carbonyl (C=O) groups is 2. The predicted octanol–water partition coefficient (Wildman–Crippen LogP) is 1.17. The van der Waals surface area contributed by atoms with Crippen molar-refractivity contribution in [3.63, 3.8) is 0 Å². The van der Waals surface area contributed by atoms with Crippen molar-refractivity contribution >= 4 is 17.4 Å². The van der Waals surface area contributed by atoms with Crippen LogP contribution in [0.1, 0.15) is 24.2 Å². The lowest BCUT2D eigenvalue weighted by Crippen LogP contribution is -2.26. The van der Waals surface area contributed by atoms with Gasteiger partial charge < -0.3 is 11.1 Å². The van der Waals surface area contributed by atoms with E-state index >= 15 is 0 Å². The van der Waals surface area contributed by atoms with Crippen molar-refractivity contribution in [2.45, 2.75) is 19.9 Å². The summed E-state index contributed by atoms with van der Waals surface area (Å²) in [6, 6.07) is 6.15. The van der Waals surface area contributed by atoms with E-state index in [0.29, 0.717) is 11.3 Å². The van der Waals surface area contributed by atoms with E-state index in [1.807, 2.05) is 0 Å². The lowest BCUT2D eigenvalue weighted by atomic mass is 10.1. The summed E-state index contributed by atoms with van der Waals surface area (Å²) in [7, 11) is 0. The fourth-order valence-electron chi connectivity index (χ4n) is 1.18. The van der Waals surface area contributed by atoms with Crippen molar-refractivity contribution in [3.05, 3.63) is 29.8 Å². The molecule has 0 radical (unpaired) electrons. The summed E-state index contributed by atoms with van der Waals surface area (Å²) in [4.78, 5) is 22.2. The van der Waals surface area contributed by atoms with Crippen LogP contribution in [0.2, 0.25) is 0 Å². The third-order valence-corrected chi connectivity index (χ3v) is 1.90. The molecule has 4 heteroatoms. The molecule has 1 aromatic carbocycles. The summed E-state index contributed by atoms with van der Waals surface area (Å²) in [6.07, 6.45) is 0. The van der Waals surface area contributed by atoms with Crippen LogP contribution in [0.5, 0.6) is 0 Å². The molecule has 1 rings (SSSR count). The Bertz CT molecular complexity index is 369. The van der Waals surface area contributed by atoms with Crippen molar-refractivity contribution in [1.29, 1.82) is 0 Å². The van der Waals surface area contributed by atoms with E-state index < -0.39 is 6.04 Å². The summed E-state index contributed by atoms with van der Waals surface area (Å²) in [6.45, 7) is 3.07. The number of hydrogen-bond acceptors (Lipinski definition) is 3. The van der Waals surface area contributed by atoms with Crippen molar-refractivity contribution in [2.24, 2.45) is 5.73 Å². The van der Waals surface area contributed by atoms with Gasteiger partial charge in [-0.05, 0) is 31.2 Å². The number of ketones is 1. The molecule has 0 aliphatic heterocycles. The highest BCUT2D eigenvalue weighted by Gasteiger charge is 2.10. The highest BCUT2D eigenvalue weighted by molar-refractivity contribution is 6.00. The van der Waals surface area contributed by atoms with Crippen molar-refractivity contribution in [3.8, 4) is 0 Å². The first kappa shape index (κ1) is 11.4. The third-order valence-electron chi connectivity index (χ3n) is 1.90. The smallest absolute Gasteiger partial charge is 0.221 e. The van der Waals surface area contributed by atoms with Crippen molar-refractivity contribution in [2.75, 3.05) is 5.32 Å². The predicted molar refractivity (Wildman–Crippen MR) is 58.7 cm³/mol. The highest BCUT2D eigenvalue weighted by Crippen LogP contribution is 2.10. The molecule has 15 heavy (non-hydrogen) atoms. The lowest BCUT2D eigenvalue weighted by Gasteiger charge is -2.06. The van der Waals surface area contributed by atoms with E-state index in [-0.39, 0.29) is 11.7 Å². The van der Waals surface area contributed by atoms with E-state index in [4.69, 9.17) is 5.73 Å². The summed E-state index contributed by atoms with van der Waals surface area (Å²) < 4.78 is 0. The summed E-state index contributed by atoms with van der Waals surface area (Å²) >= 11 is 0. The topological polar surface area (TPSA) is 72.2 Å². The number of Topliss-reactive ketones (excluding diaryl/α,β-unsaturated/α-hetero) is 1. The zero-order chi connectivity index (χ0) is 11.4. The Morgan fingerprint density at radius 2 is 1.80 bits per heavy atom. The van der Waals surface area contributed by atoms with Crippen LogP contribution < -0.4 is 11.1 Å². The number of benzene rings is 1. The standard InChI is InChI=1S/C11H14N2O2/c1-7(12)11(15)9-3-5-10(6-4-9)13-8(2)14/h3-7H,12H2,1-2H3,(H,13,14). The minimum atomic E-state index is -0.503. The first-order valence-electron chi connectivity index (χ1n) is 4.68. The normalized spacial score (nSPS) is 11.9. The van der Waals surface area contributed by atoms with Gasteiger partial charge in [-0.2, -0.15) is 0 Å². The average Bonchev–Trinajstić information content (AvgIpc) is 2.17. The molecule has 0 aromatic heterocycles. The molecular formula is C11H14N2O2. The number of hydrogen-bond donors (Lipinski definition) is 2. The molecule has 1 aromatic rings. The number of anilines is 1. The van der Waals surface area contributed by atoms with Crippen LogP contribution in [0.3, 0.4) is 0 Å². The number of nitrogens with two attached hydrogens (primary N) is 1. The van der Waals surface area contributed by atoms with Gasteiger partial charge >= 0.3 is 0 Å². The first-order valence-corrected chi connectivity index (χ1v) is 4.68. The molecule has 1 amide bonds. The zero-order valence-electron chi connectivity index (χ0n) is 8.78. The summed E-state index contributed by atoms with van der Waals surface area (Å²) in [5, 5.41) is 2.62. The molecule has 3 N–H and O–H groups in total. The van der Waals surface area contributed by atoms with Gasteiger partial charge in [0, 0.05) is 18.2 Å². The second-order valence-electron chi connectivity index (χ2n) is 3.41. The number of rotatable bonds is 3. The SMILES string of the molecule is CC(=O)Nc1ccc(C(=O)C(C)N)cc1. The molecule has 0 fully saturated rings. The summed E-state index contributed by atoms with van der Waals surface area (Å²) in [5.41, 5.74) is 6.69. The molecule has 1 unspecified atom stereocenters. The largest absolute Gasteiger partial charge is 0.326 e. The molecule has 0 aliphatic carbocycles. The van der Waals surface area contributed by atoms with Crippen LogP contribution in [-0.4, -0.2) is 17.7 Å². The van der Waals surface area contributed by atoms with E-state index in [1.165, 1.54) is 6.92 Å². The van der Waals surface area contributed by atoms with Gasteiger partial charge in [-0.1, -0.05) is 0 Å². The molecule has 0 aliphatic rings. The van der Waals surface area contributed by atoms with Crippen LogP contribution in [-0.2, 0) is 4.79 Å². The molecule has 0 spiro atoms. The monoisotopic (exact) mass is 206 g/mol. The fourth-order valence-corrected chi connectivity index (χ4v) is 1.18. The van der Waals surface area contributed by atoms with E-state index in [9.17, 15) is 9.59 Å². The molecule has 1 atom stereocenters. The maximum Gasteiger partial charge on any atom is 0.221 e. The maximum atomic E-state index is 11.5. The second kappa shape index (κ2) is 4.70. The Kier molecular flexibility index (Phi) is 3.57. The first-order chi connectivity index (χ1) is 7.00. The Labute approximate surface area is 88.5 Å². The summed E-state index contributed by atoms with van der Waals surface area (Å²) in [5.74, 6) is -0.245. The second-order valence-corrected chi connectivity index (χ2v) is 3.41. The van der Waals surface area contributed by atoms with Crippen LogP contribution in [0, 0.1) is 0 Å². The van der Waals surface area contributed by atoms with Gasteiger partial charge in [-0.3, -0.25) is 9.59 Å². The van der Waals surface area contributed by atoms with E-state index in [0.717, 1.165) is 0 Å². The van der Waals surface area contributed by atoms with Crippen LogP contribution >= 0.6 is 0 Å². The maximum absolute atomic E-state index is 11.5. The molecule has 80 valence electrons. The van der Waals surface area contributed by atoms with Gasteiger partial charge in [-0.15, -0.1) is 0 Å². The van der Waals surface area contributed by atoms with Gasteiger partial charge in [0.15, 0.2) is 5.78 Å². The number of carbonyl (C=O) groups excluding carboxylic acids is 2. The fraction of sp³-hybridized carbons (Fsp3) is 0.273. The molecular weight excluding hydrogens is 192 g/mol. The Balaban J connectivity index is 2.81. The Hall–Kier alpha value is -1.68. The highest BCUT2D eigenvalue weighted by atomic mass is 16.1. The molecule has 0 saturated carbocycles. The minimum absolute atomic E-state index is 0.107. The van der Waals surface area contributed by atoms with Gasteiger partial charge in [0.25, 0.3) is 0 Å². The molecule has 0 heterocycles. The van der Waals surface area contributed by atoms with Gasteiger partial charge in [0.05, 0.1) is 6.04 Å². The van der Waals surface area contributed by atoms with Crippen molar-refractivity contribution < 1.29 is 9.59 Å². The van der Waals surface area contributed by atoms with E-state index in [2.05, 4.69) is 5.32 Å². The lowest BCUT2D eigenvalue weighted by molar-refractivity contribution is -0.114. The minimum Gasteiger partial charge on any atom is -0.326 e. The molecule has 0 saturated heterocycles. The quantitative estimate of drug-likeness (QED) is 0.729. The van der Waals surface area contributed by atoms with E-state index in [1.54, 1.807) is 31.2 Å². The number of nitrogens with one attached hydrogen (secondary N) is 1. The van der Waals surface area contributed by atoms with Gasteiger partial charge in [0.2, 0.25) is 5.91 Å². The third kappa shape index (κ3) is 3.18. The number of amides is 1. The van der Waals surface area contributed by atoms with Gasteiger partial charge in [-0.25, -0.2) is 0 Å². The Morgan fingerprint density at radius 1 is 1.27 bits per heavy atom.